The van der Waals surface area contributed by atoms with Gasteiger partial charge in [0.05, 0.1) is 6.42 Å². The Labute approximate surface area is 392 Å². The summed E-state index contributed by atoms with van der Waals surface area (Å²) in [5.41, 5.74) is 0. The minimum atomic E-state index is -0.839. The fourth-order valence-electron chi connectivity index (χ4n) is 6.22. The molecule has 0 aromatic carbocycles. The molecule has 64 heavy (non-hydrogen) atoms. The molecular formula is C58H90O6. The molecule has 1 atom stereocenters. The van der Waals surface area contributed by atoms with E-state index in [4.69, 9.17) is 14.2 Å². The van der Waals surface area contributed by atoms with Crippen molar-refractivity contribution in [3.63, 3.8) is 0 Å². The van der Waals surface area contributed by atoms with E-state index in [0.717, 1.165) is 116 Å². The second-order valence-electron chi connectivity index (χ2n) is 16.0. The second kappa shape index (κ2) is 51.2. The van der Waals surface area contributed by atoms with Crippen molar-refractivity contribution in [3.05, 3.63) is 134 Å². The maximum atomic E-state index is 12.7. The summed E-state index contributed by atoms with van der Waals surface area (Å²) in [7, 11) is 0. The Morgan fingerprint density at radius 1 is 0.344 bits per heavy atom. The van der Waals surface area contributed by atoms with Crippen molar-refractivity contribution >= 4 is 17.9 Å². The van der Waals surface area contributed by atoms with Gasteiger partial charge in [0.1, 0.15) is 13.2 Å². The molecule has 0 saturated heterocycles. The number of rotatable bonds is 43. The van der Waals surface area contributed by atoms with Gasteiger partial charge in [0.25, 0.3) is 0 Å². The minimum Gasteiger partial charge on any atom is -0.462 e. The van der Waals surface area contributed by atoms with E-state index in [1.54, 1.807) is 6.08 Å². The first-order valence-electron chi connectivity index (χ1n) is 25.2. The maximum absolute atomic E-state index is 12.7. The van der Waals surface area contributed by atoms with Crippen LogP contribution in [0.25, 0.3) is 0 Å². The third-order valence-corrected chi connectivity index (χ3v) is 9.93. The van der Waals surface area contributed by atoms with E-state index in [1.165, 1.54) is 32.1 Å². The van der Waals surface area contributed by atoms with Crippen LogP contribution in [0, 0.1) is 0 Å². The highest BCUT2D eigenvalue weighted by atomic mass is 16.6. The zero-order valence-corrected chi connectivity index (χ0v) is 40.7. The van der Waals surface area contributed by atoms with Gasteiger partial charge in [0, 0.05) is 12.8 Å². The lowest BCUT2D eigenvalue weighted by molar-refractivity contribution is -0.166. The average molecular weight is 883 g/mol. The van der Waals surface area contributed by atoms with E-state index in [0.29, 0.717) is 19.3 Å². The van der Waals surface area contributed by atoms with Gasteiger partial charge in [-0.05, 0) is 96.3 Å². The van der Waals surface area contributed by atoms with Gasteiger partial charge < -0.3 is 14.2 Å². The van der Waals surface area contributed by atoms with E-state index in [2.05, 4.69) is 142 Å². The highest BCUT2D eigenvalue weighted by Crippen LogP contribution is 2.12. The lowest BCUT2D eigenvalue weighted by atomic mass is 10.1. The van der Waals surface area contributed by atoms with Crippen LogP contribution >= 0.6 is 0 Å². The molecule has 0 aliphatic rings. The number of esters is 3. The Morgan fingerprint density at radius 2 is 0.656 bits per heavy atom. The van der Waals surface area contributed by atoms with E-state index in [1.807, 2.05) is 6.08 Å². The van der Waals surface area contributed by atoms with Gasteiger partial charge in [-0.2, -0.15) is 0 Å². The fraction of sp³-hybridized carbons (Fsp3) is 0.569. The fourth-order valence-corrected chi connectivity index (χ4v) is 6.22. The SMILES string of the molecule is CC/C=C\C/C=C\C/C=C\C/C=C\C/C=C\C/C=C\CCCCCCCCC(=O)OCC(COC(=O)CCCCCCCC)OC(=O)C/C=C\C/C=C\C/C=C\C/C=C\C/C=C\CC. The van der Waals surface area contributed by atoms with E-state index < -0.39 is 12.1 Å². The molecule has 0 rings (SSSR count). The first-order valence-corrected chi connectivity index (χ1v) is 25.2. The van der Waals surface area contributed by atoms with Crippen LogP contribution in [0.3, 0.4) is 0 Å². The van der Waals surface area contributed by atoms with Crippen molar-refractivity contribution in [2.75, 3.05) is 13.2 Å². The van der Waals surface area contributed by atoms with E-state index in [9.17, 15) is 14.4 Å². The summed E-state index contributed by atoms with van der Waals surface area (Å²) in [6.45, 7) is 6.22. The Bertz CT molecular complexity index is 1430. The standard InChI is InChI=1S/C58H90O6/c1-4-7-10-13-16-18-20-22-24-25-26-27-28-29-30-31-32-33-35-36-38-40-42-45-48-51-57(60)63-54-55(53-62-56(59)50-47-44-15-12-9-6-3)64-58(61)52-49-46-43-41-39-37-34-23-21-19-17-14-11-8-5-2/h7-8,10-11,16-19,22-24,26-27,29-30,32-34,39,41,46,49,55H,4-6,9,12-15,20-21,25,28,31,35-38,40,42-45,47-48,50-54H2,1-3H3/b10-7-,11-8-,18-16-,19-17-,24-22-,27-26-,30-29-,33-32-,34-23-,41-39-,49-46-. The zero-order chi connectivity index (χ0) is 46.5. The number of allylic oxidation sites excluding steroid dienone is 21. The second-order valence-corrected chi connectivity index (χ2v) is 16.0. The average Bonchev–Trinajstić information content (AvgIpc) is 3.29. The van der Waals surface area contributed by atoms with E-state index in [-0.39, 0.29) is 31.6 Å². The Kier molecular flexibility index (Phi) is 47.6. The highest BCUT2D eigenvalue weighted by molar-refractivity contribution is 5.72. The van der Waals surface area contributed by atoms with Crippen LogP contribution in [0.5, 0.6) is 0 Å². The summed E-state index contributed by atoms with van der Waals surface area (Å²) in [4.78, 5) is 37.6. The smallest absolute Gasteiger partial charge is 0.310 e. The van der Waals surface area contributed by atoms with Crippen molar-refractivity contribution in [1.82, 2.24) is 0 Å². The first kappa shape index (κ1) is 59.5. The molecule has 0 aromatic heterocycles. The third-order valence-electron chi connectivity index (χ3n) is 9.93. The molecule has 0 bridgehead atoms. The largest absolute Gasteiger partial charge is 0.462 e. The lowest BCUT2D eigenvalue weighted by Crippen LogP contribution is -2.30. The molecule has 6 nitrogen and oxygen atoms in total. The normalized spacial score (nSPS) is 13.2. The molecule has 0 fully saturated rings. The quantitative estimate of drug-likeness (QED) is 0.0263. The summed E-state index contributed by atoms with van der Waals surface area (Å²) in [5.74, 6) is -1.09. The maximum Gasteiger partial charge on any atom is 0.310 e. The lowest BCUT2D eigenvalue weighted by Gasteiger charge is -2.18. The number of carbonyl (C=O) groups excluding carboxylic acids is 3. The highest BCUT2D eigenvalue weighted by Gasteiger charge is 2.19. The summed E-state index contributed by atoms with van der Waals surface area (Å²) in [6.07, 6.45) is 72.0. The number of ether oxygens (including phenoxy) is 3. The molecule has 0 amide bonds. The van der Waals surface area contributed by atoms with Gasteiger partial charge in [-0.1, -0.05) is 212 Å². The number of unbranched alkanes of at least 4 members (excludes halogenated alkanes) is 11. The molecule has 6 heteroatoms. The van der Waals surface area contributed by atoms with Gasteiger partial charge in [0.15, 0.2) is 6.10 Å². The minimum absolute atomic E-state index is 0.0884. The van der Waals surface area contributed by atoms with Gasteiger partial charge in [-0.25, -0.2) is 0 Å². The number of carbonyl (C=O) groups is 3. The molecular weight excluding hydrogens is 793 g/mol. The summed E-state index contributed by atoms with van der Waals surface area (Å²) in [6, 6.07) is 0. The van der Waals surface area contributed by atoms with Crippen molar-refractivity contribution in [1.29, 1.82) is 0 Å². The molecule has 0 N–H and O–H groups in total. The number of hydrogen-bond acceptors (Lipinski definition) is 6. The predicted molar refractivity (Wildman–Crippen MR) is 274 cm³/mol. The summed E-state index contributed by atoms with van der Waals surface area (Å²) < 4.78 is 16.5. The van der Waals surface area contributed by atoms with E-state index >= 15 is 0 Å². The third kappa shape index (κ3) is 48.6. The van der Waals surface area contributed by atoms with Gasteiger partial charge >= 0.3 is 17.9 Å². The molecule has 0 saturated carbocycles. The first-order chi connectivity index (χ1) is 31.5. The Balaban J connectivity index is 4.34. The van der Waals surface area contributed by atoms with Crippen LogP contribution in [0.4, 0.5) is 0 Å². The van der Waals surface area contributed by atoms with Crippen molar-refractivity contribution in [2.45, 2.75) is 200 Å². The molecule has 0 aromatic rings. The van der Waals surface area contributed by atoms with Crippen LogP contribution < -0.4 is 0 Å². The van der Waals surface area contributed by atoms with Crippen LogP contribution in [0.2, 0.25) is 0 Å². The summed E-state index contributed by atoms with van der Waals surface area (Å²) in [5, 5.41) is 0. The summed E-state index contributed by atoms with van der Waals surface area (Å²) >= 11 is 0. The molecule has 0 aliphatic carbocycles. The van der Waals surface area contributed by atoms with Crippen LogP contribution in [-0.4, -0.2) is 37.2 Å². The molecule has 0 radical (unpaired) electrons. The zero-order valence-electron chi connectivity index (χ0n) is 40.7. The van der Waals surface area contributed by atoms with Crippen molar-refractivity contribution < 1.29 is 28.6 Å². The van der Waals surface area contributed by atoms with Crippen LogP contribution in [-0.2, 0) is 28.6 Å². The van der Waals surface area contributed by atoms with Gasteiger partial charge in [-0.15, -0.1) is 0 Å². The molecule has 0 aliphatic heterocycles. The predicted octanol–water partition coefficient (Wildman–Crippen LogP) is 16.7. The Hall–Kier alpha value is -4.45. The molecule has 0 spiro atoms. The molecule has 0 heterocycles. The molecule has 358 valence electrons. The van der Waals surface area contributed by atoms with Crippen molar-refractivity contribution in [2.24, 2.45) is 0 Å². The topological polar surface area (TPSA) is 78.9 Å². The Morgan fingerprint density at radius 3 is 1.03 bits per heavy atom. The monoisotopic (exact) mass is 883 g/mol. The van der Waals surface area contributed by atoms with Crippen LogP contribution in [0.1, 0.15) is 194 Å². The van der Waals surface area contributed by atoms with Gasteiger partial charge in [0.2, 0.25) is 0 Å². The van der Waals surface area contributed by atoms with Gasteiger partial charge in [-0.3, -0.25) is 14.4 Å². The van der Waals surface area contributed by atoms with Crippen molar-refractivity contribution in [3.8, 4) is 0 Å². The molecule has 1 unspecified atom stereocenters. The number of hydrogen-bond donors (Lipinski definition) is 0. The van der Waals surface area contributed by atoms with Crippen LogP contribution in [0.15, 0.2) is 134 Å².